The topological polar surface area (TPSA) is 101 Å². The van der Waals surface area contributed by atoms with Gasteiger partial charge in [0.05, 0.1) is 18.9 Å². The largest absolute Gasteiger partial charge is 0.494 e. The Bertz CT molecular complexity index is 835. The summed E-state index contributed by atoms with van der Waals surface area (Å²) in [6.07, 6.45) is 1.00. The highest BCUT2D eigenvalue weighted by molar-refractivity contribution is 6.23. The van der Waals surface area contributed by atoms with Gasteiger partial charge in [0.15, 0.2) is 0 Å². The SMILES string of the molecule is N=C1c2ccccc2-c2ccc(OCCCCOC(=O)NNC=O)cc21. The van der Waals surface area contributed by atoms with Crippen LogP contribution in [-0.2, 0) is 9.53 Å². The van der Waals surface area contributed by atoms with Gasteiger partial charge in [0.25, 0.3) is 0 Å². The van der Waals surface area contributed by atoms with Crippen molar-refractivity contribution in [3.05, 3.63) is 53.6 Å². The first-order chi connectivity index (χ1) is 12.7. The van der Waals surface area contributed by atoms with E-state index in [1.165, 1.54) is 0 Å². The fourth-order valence-corrected chi connectivity index (χ4v) is 2.82. The third kappa shape index (κ3) is 3.83. The third-order valence-corrected chi connectivity index (χ3v) is 4.02. The zero-order chi connectivity index (χ0) is 18.4. The van der Waals surface area contributed by atoms with E-state index in [-0.39, 0.29) is 6.61 Å². The van der Waals surface area contributed by atoms with Gasteiger partial charge >= 0.3 is 6.09 Å². The van der Waals surface area contributed by atoms with Crippen LogP contribution in [0.2, 0.25) is 0 Å². The molecule has 7 heteroatoms. The summed E-state index contributed by atoms with van der Waals surface area (Å²) in [5.41, 5.74) is 8.54. The Kier molecular flexibility index (Phi) is 5.48. The molecule has 0 spiro atoms. The zero-order valence-corrected chi connectivity index (χ0v) is 14.1. The van der Waals surface area contributed by atoms with E-state index in [1.807, 2.05) is 47.9 Å². The lowest BCUT2D eigenvalue weighted by Crippen LogP contribution is -2.36. The molecule has 1 aliphatic rings. The number of hydrazine groups is 1. The molecule has 0 radical (unpaired) electrons. The van der Waals surface area contributed by atoms with Crippen LogP contribution in [0.5, 0.6) is 5.75 Å². The normalized spacial score (nSPS) is 11.3. The fraction of sp³-hybridized carbons (Fsp3) is 0.211. The van der Waals surface area contributed by atoms with Crippen LogP contribution < -0.4 is 15.6 Å². The van der Waals surface area contributed by atoms with Gasteiger partial charge in [-0.05, 0) is 42.2 Å². The van der Waals surface area contributed by atoms with E-state index in [0.717, 1.165) is 28.0 Å². The van der Waals surface area contributed by atoms with E-state index < -0.39 is 6.09 Å². The summed E-state index contributed by atoms with van der Waals surface area (Å²) in [5.74, 6) is 0.718. The van der Waals surface area contributed by atoms with Gasteiger partial charge in [-0.2, -0.15) is 0 Å². The standard InChI is InChI=1S/C19H19N3O4/c20-18-16-6-2-1-5-14(16)15-8-7-13(11-17(15)18)25-9-3-4-10-26-19(24)22-21-12-23/h1-2,5-8,11-12,20H,3-4,9-10H2,(H,21,23)(H,22,24). The highest BCUT2D eigenvalue weighted by Crippen LogP contribution is 2.37. The van der Waals surface area contributed by atoms with Crippen LogP contribution in [0, 0.1) is 5.41 Å². The lowest BCUT2D eigenvalue weighted by atomic mass is 10.1. The average molecular weight is 353 g/mol. The summed E-state index contributed by atoms with van der Waals surface area (Å²) < 4.78 is 10.6. The van der Waals surface area contributed by atoms with Gasteiger partial charge in [0.1, 0.15) is 5.75 Å². The van der Waals surface area contributed by atoms with Crippen LogP contribution in [0.15, 0.2) is 42.5 Å². The predicted molar refractivity (Wildman–Crippen MR) is 96.2 cm³/mol. The minimum Gasteiger partial charge on any atom is -0.494 e. The maximum absolute atomic E-state index is 11.1. The van der Waals surface area contributed by atoms with Crippen LogP contribution >= 0.6 is 0 Å². The molecule has 0 aliphatic heterocycles. The summed E-state index contributed by atoms with van der Waals surface area (Å²) >= 11 is 0. The number of ether oxygens (including phenoxy) is 2. The van der Waals surface area contributed by atoms with Gasteiger partial charge in [-0.3, -0.25) is 15.6 Å². The number of nitrogens with one attached hydrogen (secondary N) is 3. The molecule has 0 fully saturated rings. The zero-order valence-electron chi connectivity index (χ0n) is 14.1. The van der Waals surface area contributed by atoms with Crippen molar-refractivity contribution in [2.45, 2.75) is 12.8 Å². The Balaban J connectivity index is 1.46. The van der Waals surface area contributed by atoms with E-state index in [0.29, 0.717) is 31.6 Å². The molecule has 7 nitrogen and oxygen atoms in total. The molecule has 3 rings (SSSR count). The molecule has 2 aromatic carbocycles. The van der Waals surface area contributed by atoms with Gasteiger partial charge in [-0.1, -0.05) is 24.3 Å². The molecule has 3 N–H and O–H groups in total. The highest BCUT2D eigenvalue weighted by Gasteiger charge is 2.23. The number of benzene rings is 2. The Morgan fingerprint density at radius 1 is 1.00 bits per heavy atom. The minimum absolute atomic E-state index is 0.236. The van der Waals surface area contributed by atoms with Crippen LogP contribution in [0.3, 0.4) is 0 Å². The summed E-state index contributed by atoms with van der Waals surface area (Å²) in [6, 6.07) is 13.7. The van der Waals surface area contributed by atoms with Crippen LogP contribution in [0.1, 0.15) is 24.0 Å². The molecule has 134 valence electrons. The second-order valence-electron chi connectivity index (χ2n) is 5.71. The average Bonchev–Trinajstić information content (AvgIpc) is 2.95. The quantitative estimate of drug-likeness (QED) is 0.329. The minimum atomic E-state index is -0.699. The number of rotatable bonds is 8. The Morgan fingerprint density at radius 2 is 1.73 bits per heavy atom. The summed E-state index contributed by atoms with van der Waals surface area (Å²) in [4.78, 5) is 21.1. The lowest BCUT2D eigenvalue weighted by molar-refractivity contribution is -0.110. The lowest BCUT2D eigenvalue weighted by Gasteiger charge is -2.09. The molecule has 0 saturated heterocycles. The van der Waals surface area contributed by atoms with Crippen molar-refractivity contribution in [3.63, 3.8) is 0 Å². The summed E-state index contributed by atoms with van der Waals surface area (Å²) in [5, 5.41) is 8.33. The molecule has 0 atom stereocenters. The molecule has 26 heavy (non-hydrogen) atoms. The van der Waals surface area contributed by atoms with Crippen molar-refractivity contribution in [2.75, 3.05) is 13.2 Å². The summed E-state index contributed by atoms with van der Waals surface area (Å²) in [6.45, 7) is 0.719. The van der Waals surface area contributed by atoms with Crippen molar-refractivity contribution in [1.29, 1.82) is 5.41 Å². The van der Waals surface area contributed by atoms with Crippen molar-refractivity contribution in [1.82, 2.24) is 10.9 Å². The Hall–Kier alpha value is -3.35. The molecule has 0 heterocycles. The van der Waals surface area contributed by atoms with Gasteiger partial charge < -0.3 is 9.47 Å². The third-order valence-electron chi connectivity index (χ3n) is 4.02. The number of hydrogen-bond donors (Lipinski definition) is 3. The number of carbonyl (C=O) groups excluding carboxylic acids is 2. The Morgan fingerprint density at radius 3 is 2.54 bits per heavy atom. The van der Waals surface area contributed by atoms with Crippen LogP contribution in [0.25, 0.3) is 11.1 Å². The molecule has 0 unspecified atom stereocenters. The van der Waals surface area contributed by atoms with Crippen LogP contribution in [0.4, 0.5) is 4.79 Å². The fourth-order valence-electron chi connectivity index (χ4n) is 2.82. The predicted octanol–water partition coefficient (Wildman–Crippen LogP) is 2.63. The number of hydrogen-bond acceptors (Lipinski definition) is 5. The van der Waals surface area contributed by atoms with Gasteiger partial charge in [0.2, 0.25) is 6.41 Å². The number of amides is 2. The monoisotopic (exact) mass is 353 g/mol. The van der Waals surface area contributed by atoms with Crippen molar-refractivity contribution in [2.24, 2.45) is 0 Å². The van der Waals surface area contributed by atoms with Crippen molar-refractivity contribution in [3.8, 4) is 16.9 Å². The maximum atomic E-state index is 11.1. The van der Waals surface area contributed by atoms with E-state index in [9.17, 15) is 9.59 Å². The second-order valence-corrected chi connectivity index (χ2v) is 5.71. The molecule has 0 bridgehead atoms. The highest BCUT2D eigenvalue weighted by atomic mass is 16.6. The van der Waals surface area contributed by atoms with Gasteiger partial charge in [0, 0.05) is 11.1 Å². The van der Waals surface area contributed by atoms with Gasteiger partial charge in [-0.25, -0.2) is 10.2 Å². The van der Waals surface area contributed by atoms with Crippen molar-refractivity contribution >= 4 is 18.2 Å². The molecular weight excluding hydrogens is 334 g/mol. The van der Waals surface area contributed by atoms with E-state index >= 15 is 0 Å². The molecule has 2 amide bonds. The van der Waals surface area contributed by atoms with Gasteiger partial charge in [-0.15, -0.1) is 0 Å². The summed E-state index contributed by atoms with van der Waals surface area (Å²) in [7, 11) is 0. The molecular formula is C19H19N3O4. The molecule has 2 aromatic rings. The first-order valence-corrected chi connectivity index (χ1v) is 8.28. The maximum Gasteiger partial charge on any atom is 0.426 e. The molecule has 1 aliphatic carbocycles. The van der Waals surface area contributed by atoms with E-state index in [4.69, 9.17) is 14.9 Å². The first-order valence-electron chi connectivity index (χ1n) is 8.28. The second kappa shape index (κ2) is 8.15. The van der Waals surface area contributed by atoms with E-state index in [2.05, 4.69) is 5.43 Å². The van der Waals surface area contributed by atoms with Crippen LogP contribution in [-0.4, -0.2) is 31.4 Å². The number of carbonyl (C=O) groups is 2. The molecule has 0 aromatic heterocycles. The number of unbranched alkanes of at least 4 members (excludes halogenated alkanes) is 1. The smallest absolute Gasteiger partial charge is 0.426 e. The molecule has 0 saturated carbocycles. The van der Waals surface area contributed by atoms with E-state index in [1.54, 1.807) is 0 Å². The van der Waals surface area contributed by atoms with Crippen molar-refractivity contribution < 1.29 is 19.1 Å². The first kappa shape index (κ1) is 17.5. The number of fused-ring (bicyclic) bond motifs is 3. The Labute approximate surface area is 150 Å².